The van der Waals surface area contributed by atoms with Gasteiger partial charge in [0.1, 0.15) is 4.21 Å². The zero-order valence-corrected chi connectivity index (χ0v) is 13.5. The fraction of sp³-hybridized carbons (Fsp3) is 0.692. The lowest BCUT2D eigenvalue weighted by Crippen LogP contribution is -2.26. The van der Waals surface area contributed by atoms with Crippen molar-refractivity contribution in [3.05, 3.63) is 17.0 Å². The van der Waals surface area contributed by atoms with E-state index in [0.717, 1.165) is 4.88 Å². The molecule has 1 aromatic rings. The molecule has 0 aromatic carbocycles. The van der Waals surface area contributed by atoms with Gasteiger partial charge in [0.2, 0.25) is 10.0 Å². The molecular formula is C13H22N2O2S2. The Labute approximate surface area is 119 Å². The van der Waals surface area contributed by atoms with Crippen molar-refractivity contribution < 1.29 is 8.42 Å². The van der Waals surface area contributed by atoms with Gasteiger partial charge in [0.05, 0.1) is 0 Å². The lowest BCUT2D eigenvalue weighted by atomic mass is 10.0. The van der Waals surface area contributed by atoms with Crippen molar-refractivity contribution in [2.24, 2.45) is 22.5 Å². The highest BCUT2D eigenvalue weighted by molar-refractivity contribution is 7.91. The fourth-order valence-corrected chi connectivity index (χ4v) is 5.05. The van der Waals surface area contributed by atoms with Gasteiger partial charge in [0.15, 0.2) is 0 Å². The number of nitrogens with one attached hydrogen (secondary N) is 1. The topological polar surface area (TPSA) is 72.2 Å². The Balaban J connectivity index is 2.04. The third-order valence-corrected chi connectivity index (χ3v) is 7.92. The summed E-state index contributed by atoms with van der Waals surface area (Å²) in [6.45, 7) is 9.61. The van der Waals surface area contributed by atoms with E-state index >= 15 is 0 Å². The molecule has 0 bridgehead atoms. The van der Waals surface area contributed by atoms with Crippen LogP contribution in [0.5, 0.6) is 0 Å². The van der Waals surface area contributed by atoms with Crippen LogP contribution in [0.2, 0.25) is 0 Å². The molecule has 1 saturated carbocycles. The summed E-state index contributed by atoms with van der Waals surface area (Å²) in [5.74, 6) is 0.378. The summed E-state index contributed by atoms with van der Waals surface area (Å²) in [6, 6.07) is 3.39. The molecule has 1 aliphatic carbocycles. The van der Waals surface area contributed by atoms with Gasteiger partial charge in [0, 0.05) is 18.0 Å². The van der Waals surface area contributed by atoms with Crippen LogP contribution in [0.4, 0.5) is 0 Å². The minimum atomic E-state index is -3.39. The predicted octanol–water partition coefficient (Wildman–Crippen LogP) is 2.17. The molecule has 0 aliphatic heterocycles. The van der Waals surface area contributed by atoms with Crippen molar-refractivity contribution >= 4 is 21.4 Å². The normalized spacial score (nSPS) is 21.5. The molecule has 0 spiro atoms. The van der Waals surface area contributed by atoms with E-state index in [1.165, 1.54) is 11.3 Å². The number of rotatable bonds is 5. The maximum Gasteiger partial charge on any atom is 0.250 e. The van der Waals surface area contributed by atoms with E-state index in [2.05, 4.69) is 32.4 Å². The van der Waals surface area contributed by atoms with Gasteiger partial charge >= 0.3 is 0 Å². The predicted molar refractivity (Wildman–Crippen MR) is 78.5 cm³/mol. The second-order valence-electron chi connectivity index (χ2n) is 6.27. The molecule has 0 radical (unpaired) electrons. The quantitative estimate of drug-likeness (QED) is 0.875. The van der Waals surface area contributed by atoms with E-state index in [1.54, 1.807) is 12.1 Å². The molecule has 0 atom stereocenters. The second-order valence-corrected chi connectivity index (χ2v) is 9.43. The molecule has 3 N–H and O–H groups in total. The molecule has 1 fully saturated rings. The first-order chi connectivity index (χ1) is 8.63. The van der Waals surface area contributed by atoms with Gasteiger partial charge in [-0.25, -0.2) is 13.1 Å². The number of hydrogen-bond donors (Lipinski definition) is 2. The van der Waals surface area contributed by atoms with Gasteiger partial charge in [-0.2, -0.15) is 0 Å². The SMILES string of the molecule is CC1(C)C(CNS(=O)(=O)c2ccc(CN)s2)C1(C)C. The second kappa shape index (κ2) is 4.55. The van der Waals surface area contributed by atoms with Crippen LogP contribution in [0.15, 0.2) is 16.3 Å². The summed E-state index contributed by atoms with van der Waals surface area (Å²) in [7, 11) is -3.39. The third kappa shape index (κ3) is 2.46. The molecule has 0 saturated heterocycles. The van der Waals surface area contributed by atoms with Crippen LogP contribution < -0.4 is 10.5 Å². The Morgan fingerprint density at radius 1 is 1.26 bits per heavy atom. The van der Waals surface area contributed by atoms with Crippen molar-refractivity contribution in [2.75, 3.05) is 6.54 Å². The highest BCUT2D eigenvalue weighted by Crippen LogP contribution is 2.67. The molecule has 1 heterocycles. The lowest BCUT2D eigenvalue weighted by Gasteiger charge is -2.05. The standard InChI is InChI=1S/C13H22N2O2S2/c1-12(2)10(13(12,3)4)8-15-19(16,17)11-6-5-9(7-14)18-11/h5-6,10,15H,7-8,14H2,1-4H3. The van der Waals surface area contributed by atoms with Gasteiger partial charge in [-0.05, 0) is 28.9 Å². The first-order valence-corrected chi connectivity index (χ1v) is 8.71. The van der Waals surface area contributed by atoms with E-state index in [-0.39, 0.29) is 10.8 Å². The summed E-state index contributed by atoms with van der Waals surface area (Å²) in [5, 5.41) is 0. The Morgan fingerprint density at radius 2 is 1.84 bits per heavy atom. The van der Waals surface area contributed by atoms with E-state index < -0.39 is 10.0 Å². The van der Waals surface area contributed by atoms with Crippen molar-refractivity contribution in [1.29, 1.82) is 0 Å². The van der Waals surface area contributed by atoms with Crippen molar-refractivity contribution in [2.45, 2.75) is 38.4 Å². The zero-order valence-electron chi connectivity index (χ0n) is 11.9. The minimum Gasteiger partial charge on any atom is -0.326 e. The van der Waals surface area contributed by atoms with Crippen LogP contribution in [-0.2, 0) is 16.6 Å². The van der Waals surface area contributed by atoms with Crippen LogP contribution >= 0.6 is 11.3 Å². The molecule has 1 aliphatic rings. The van der Waals surface area contributed by atoms with E-state index in [1.807, 2.05) is 0 Å². The number of sulfonamides is 1. The average Bonchev–Trinajstić information content (AvgIpc) is 2.72. The third-order valence-electron chi connectivity index (χ3n) is 4.90. The molecule has 0 unspecified atom stereocenters. The van der Waals surface area contributed by atoms with Crippen molar-refractivity contribution in [1.82, 2.24) is 4.72 Å². The van der Waals surface area contributed by atoms with Crippen LogP contribution in [0.1, 0.15) is 32.6 Å². The summed E-state index contributed by atoms with van der Waals surface area (Å²) in [5.41, 5.74) is 5.88. The molecule has 108 valence electrons. The maximum atomic E-state index is 12.2. The van der Waals surface area contributed by atoms with Crippen LogP contribution in [0.25, 0.3) is 0 Å². The van der Waals surface area contributed by atoms with Gasteiger partial charge < -0.3 is 5.73 Å². The lowest BCUT2D eigenvalue weighted by molar-refractivity contribution is 0.457. The summed E-state index contributed by atoms with van der Waals surface area (Å²) < 4.78 is 27.4. The highest BCUT2D eigenvalue weighted by Gasteiger charge is 2.64. The zero-order chi connectivity index (χ0) is 14.5. The molecule has 1 aromatic heterocycles. The molecule has 2 rings (SSSR count). The molecule has 6 heteroatoms. The van der Waals surface area contributed by atoms with E-state index in [4.69, 9.17) is 5.73 Å². The fourth-order valence-electron chi connectivity index (χ4n) is 2.72. The Morgan fingerprint density at radius 3 is 2.26 bits per heavy atom. The number of hydrogen-bond acceptors (Lipinski definition) is 4. The molecule has 0 amide bonds. The van der Waals surface area contributed by atoms with Crippen LogP contribution in [0.3, 0.4) is 0 Å². The van der Waals surface area contributed by atoms with Crippen molar-refractivity contribution in [3.63, 3.8) is 0 Å². The highest BCUT2D eigenvalue weighted by atomic mass is 32.2. The van der Waals surface area contributed by atoms with Gasteiger partial charge in [-0.1, -0.05) is 27.7 Å². The summed E-state index contributed by atoms with van der Waals surface area (Å²) >= 11 is 1.24. The first kappa shape index (κ1) is 15.0. The summed E-state index contributed by atoms with van der Waals surface area (Å²) in [6.07, 6.45) is 0. The van der Waals surface area contributed by atoms with Crippen LogP contribution in [0, 0.1) is 16.7 Å². The van der Waals surface area contributed by atoms with E-state index in [9.17, 15) is 8.42 Å². The number of nitrogens with two attached hydrogens (primary N) is 1. The molecular weight excluding hydrogens is 280 g/mol. The Bertz CT molecular complexity index is 559. The number of thiophene rings is 1. The van der Waals surface area contributed by atoms with Crippen LogP contribution in [-0.4, -0.2) is 15.0 Å². The Kier molecular flexibility index (Phi) is 3.58. The monoisotopic (exact) mass is 302 g/mol. The maximum absolute atomic E-state index is 12.2. The van der Waals surface area contributed by atoms with Crippen molar-refractivity contribution in [3.8, 4) is 0 Å². The van der Waals surface area contributed by atoms with Gasteiger partial charge in [-0.15, -0.1) is 11.3 Å². The first-order valence-electron chi connectivity index (χ1n) is 6.41. The Hall–Kier alpha value is -0.430. The largest absolute Gasteiger partial charge is 0.326 e. The summed E-state index contributed by atoms with van der Waals surface area (Å²) in [4.78, 5) is 0.882. The smallest absolute Gasteiger partial charge is 0.250 e. The van der Waals surface area contributed by atoms with Gasteiger partial charge in [0.25, 0.3) is 0 Å². The minimum absolute atomic E-state index is 0.188. The molecule has 4 nitrogen and oxygen atoms in total. The van der Waals surface area contributed by atoms with Gasteiger partial charge in [-0.3, -0.25) is 0 Å². The average molecular weight is 302 g/mol. The van der Waals surface area contributed by atoms with E-state index in [0.29, 0.717) is 23.2 Å². The molecule has 19 heavy (non-hydrogen) atoms.